The molecule has 3 nitrogen and oxygen atoms in total. The van der Waals surface area contributed by atoms with E-state index in [1.54, 1.807) is 7.11 Å². The second kappa shape index (κ2) is 5.51. The number of methoxy groups -OCH3 is 1. The molecular weight excluding hydrogens is 236 g/mol. The van der Waals surface area contributed by atoms with Gasteiger partial charge in [0.25, 0.3) is 0 Å². The van der Waals surface area contributed by atoms with Crippen LogP contribution in [0, 0.1) is 17.8 Å². The highest BCUT2D eigenvalue weighted by molar-refractivity contribution is 7.91. The number of hydrogen-bond donors (Lipinski definition) is 0. The second-order valence-corrected chi connectivity index (χ2v) is 6.95. The molecule has 0 aromatic carbocycles. The molecule has 1 saturated heterocycles. The van der Waals surface area contributed by atoms with E-state index in [0.29, 0.717) is 29.9 Å². The van der Waals surface area contributed by atoms with Gasteiger partial charge < -0.3 is 4.74 Å². The SMILES string of the molecule is COCC(C)C(CCl)C1CCS(=O)(=O)C1. The van der Waals surface area contributed by atoms with Crippen molar-refractivity contribution in [3.05, 3.63) is 0 Å². The summed E-state index contributed by atoms with van der Waals surface area (Å²) in [7, 11) is -1.14. The zero-order valence-corrected chi connectivity index (χ0v) is 10.9. The largest absolute Gasteiger partial charge is 0.384 e. The van der Waals surface area contributed by atoms with E-state index in [0.717, 1.165) is 6.42 Å². The van der Waals surface area contributed by atoms with Crippen LogP contribution in [-0.4, -0.2) is 39.5 Å². The van der Waals surface area contributed by atoms with E-state index < -0.39 is 9.84 Å². The molecule has 90 valence electrons. The lowest BCUT2D eigenvalue weighted by atomic mass is 9.84. The topological polar surface area (TPSA) is 43.4 Å². The van der Waals surface area contributed by atoms with E-state index in [1.807, 2.05) is 0 Å². The molecule has 1 fully saturated rings. The van der Waals surface area contributed by atoms with Crippen molar-refractivity contribution in [3.63, 3.8) is 0 Å². The van der Waals surface area contributed by atoms with Gasteiger partial charge in [-0.25, -0.2) is 8.42 Å². The molecule has 0 aromatic heterocycles. The van der Waals surface area contributed by atoms with Gasteiger partial charge in [-0.1, -0.05) is 6.92 Å². The van der Waals surface area contributed by atoms with Gasteiger partial charge in [0.1, 0.15) is 0 Å². The molecule has 5 heteroatoms. The molecule has 15 heavy (non-hydrogen) atoms. The summed E-state index contributed by atoms with van der Waals surface area (Å²) >= 11 is 5.92. The molecule has 0 aromatic rings. The van der Waals surface area contributed by atoms with Gasteiger partial charge >= 0.3 is 0 Å². The minimum Gasteiger partial charge on any atom is -0.384 e. The molecule has 0 bridgehead atoms. The van der Waals surface area contributed by atoms with E-state index in [2.05, 4.69) is 6.92 Å². The molecule has 0 aliphatic carbocycles. The number of alkyl halides is 1. The van der Waals surface area contributed by atoms with Crippen LogP contribution in [0.3, 0.4) is 0 Å². The third-order valence-corrected chi connectivity index (χ3v) is 5.36. The van der Waals surface area contributed by atoms with Gasteiger partial charge in [-0.3, -0.25) is 0 Å². The highest BCUT2D eigenvalue weighted by Crippen LogP contribution is 2.31. The number of hydrogen-bond acceptors (Lipinski definition) is 3. The van der Waals surface area contributed by atoms with Crippen LogP contribution in [0.15, 0.2) is 0 Å². The predicted molar refractivity (Wildman–Crippen MR) is 62.0 cm³/mol. The molecule has 0 amide bonds. The van der Waals surface area contributed by atoms with Gasteiger partial charge in [0.05, 0.1) is 11.5 Å². The molecule has 1 heterocycles. The standard InChI is InChI=1S/C10H19ClO3S/c1-8(6-14-2)10(5-11)9-3-4-15(12,13)7-9/h8-10H,3-7H2,1-2H3. The third kappa shape index (κ3) is 3.61. The third-order valence-electron chi connectivity index (χ3n) is 3.21. The van der Waals surface area contributed by atoms with Crippen LogP contribution in [0.1, 0.15) is 13.3 Å². The van der Waals surface area contributed by atoms with Crippen LogP contribution in [-0.2, 0) is 14.6 Å². The highest BCUT2D eigenvalue weighted by Gasteiger charge is 2.35. The second-order valence-electron chi connectivity index (χ2n) is 4.41. The lowest BCUT2D eigenvalue weighted by molar-refractivity contribution is 0.118. The summed E-state index contributed by atoms with van der Waals surface area (Å²) < 4.78 is 27.8. The van der Waals surface area contributed by atoms with Gasteiger partial charge in [0.15, 0.2) is 9.84 Å². The highest BCUT2D eigenvalue weighted by atomic mass is 35.5. The van der Waals surface area contributed by atoms with Gasteiger partial charge in [0, 0.05) is 19.6 Å². The molecule has 1 aliphatic rings. The number of sulfone groups is 1. The normalized spacial score (nSPS) is 28.9. The molecule has 3 atom stereocenters. The summed E-state index contributed by atoms with van der Waals surface area (Å²) in [5, 5.41) is 0. The van der Waals surface area contributed by atoms with Crippen LogP contribution in [0.5, 0.6) is 0 Å². The Morgan fingerprint density at radius 2 is 2.20 bits per heavy atom. The molecule has 0 spiro atoms. The first-order valence-corrected chi connectivity index (χ1v) is 7.61. The lowest BCUT2D eigenvalue weighted by Crippen LogP contribution is -2.27. The maximum Gasteiger partial charge on any atom is 0.150 e. The quantitative estimate of drug-likeness (QED) is 0.700. The fraction of sp³-hybridized carbons (Fsp3) is 1.00. The number of halogens is 1. The van der Waals surface area contributed by atoms with E-state index in [4.69, 9.17) is 16.3 Å². The Morgan fingerprint density at radius 1 is 1.53 bits per heavy atom. The Balaban J connectivity index is 2.60. The summed E-state index contributed by atoms with van der Waals surface area (Å²) in [6, 6.07) is 0. The van der Waals surface area contributed by atoms with Crippen molar-refractivity contribution in [2.75, 3.05) is 31.1 Å². The Bertz CT molecular complexity index is 289. The Hall–Kier alpha value is 0.200. The van der Waals surface area contributed by atoms with E-state index >= 15 is 0 Å². The molecular formula is C10H19ClO3S. The van der Waals surface area contributed by atoms with E-state index in [1.165, 1.54) is 0 Å². The first kappa shape index (κ1) is 13.3. The monoisotopic (exact) mass is 254 g/mol. The fourth-order valence-corrected chi connectivity index (χ4v) is 4.74. The zero-order chi connectivity index (χ0) is 11.5. The molecule has 0 radical (unpaired) electrons. The van der Waals surface area contributed by atoms with Gasteiger partial charge in [0.2, 0.25) is 0 Å². The zero-order valence-electron chi connectivity index (χ0n) is 9.28. The smallest absolute Gasteiger partial charge is 0.150 e. The first-order valence-electron chi connectivity index (χ1n) is 5.25. The van der Waals surface area contributed by atoms with Gasteiger partial charge in [-0.15, -0.1) is 11.6 Å². The van der Waals surface area contributed by atoms with Crippen molar-refractivity contribution in [2.45, 2.75) is 13.3 Å². The Morgan fingerprint density at radius 3 is 2.60 bits per heavy atom. The summed E-state index contributed by atoms with van der Waals surface area (Å²) in [6.07, 6.45) is 0.758. The molecule has 1 aliphatic heterocycles. The molecule has 0 saturated carbocycles. The van der Waals surface area contributed by atoms with Crippen molar-refractivity contribution in [2.24, 2.45) is 17.8 Å². The minimum atomic E-state index is -2.80. The van der Waals surface area contributed by atoms with Gasteiger partial charge in [-0.05, 0) is 24.2 Å². The Labute approximate surface area is 97.1 Å². The number of ether oxygens (including phenoxy) is 1. The summed E-state index contributed by atoms with van der Waals surface area (Å²) in [5.74, 6) is 1.95. The average Bonchev–Trinajstić information content (AvgIpc) is 2.48. The average molecular weight is 255 g/mol. The predicted octanol–water partition coefficient (Wildman–Crippen LogP) is 1.56. The number of rotatable bonds is 5. The van der Waals surface area contributed by atoms with Crippen molar-refractivity contribution < 1.29 is 13.2 Å². The molecule has 3 unspecified atom stereocenters. The van der Waals surface area contributed by atoms with Gasteiger partial charge in [-0.2, -0.15) is 0 Å². The van der Waals surface area contributed by atoms with Crippen molar-refractivity contribution >= 4 is 21.4 Å². The van der Waals surface area contributed by atoms with E-state index in [-0.39, 0.29) is 11.8 Å². The Kier molecular flexibility index (Phi) is 4.87. The minimum absolute atomic E-state index is 0.220. The molecule has 1 rings (SSSR count). The van der Waals surface area contributed by atoms with Crippen LogP contribution >= 0.6 is 11.6 Å². The van der Waals surface area contributed by atoms with Crippen molar-refractivity contribution in [3.8, 4) is 0 Å². The van der Waals surface area contributed by atoms with Crippen molar-refractivity contribution in [1.29, 1.82) is 0 Å². The first-order chi connectivity index (χ1) is 7.00. The lowest BCUT2D eigenvalue weighted by Gasteiger charge is -2.26. The maximum atomic E-state index is 11.4. The summed E-state index contributed by atoms with van der Waals surface area (Å²) in [6.45, 7) is 2.72. The van der Waals surface area contributed by atoms with Crippen LogP contribution in [0.2, 0.25) is 0 Å². The maximum absolute atomic E-state index is 11.4. The van der Waals surface area contributed by atoms with Crippen LogP contribution < -0.4 is 0 Å². The van der Waals surface area contributed by atoms with Crippen LogP contribution in [0.4, 0.5) is 0 Å². The van der Waals surface area contributed by atoms with Crippen LogP contribution in [0.25, 0.3) is 0 Å². The van der Waals surface area contributed by atoms with E-state index in [9.17, 15) is 8.42 Å². The summed E-state index contributed by atoms with van der Waals surface area (Å²) in [5.41, 5.74) is 0. The fourth-order valence-electron chi connectivity index (χ4n) is 2.29. The summed E-state index contributed by atoms with van der Waals surface area (Å²) in [4.78, 5) is 0. The van der Waals surface area contributed by atoms with Crippen molar-refractivity contribution in [1.82, 2.24) is 0 Å². The molecule has 0 N–H and O–H groups in total.